The summed E-state index contributed by atoms with van der Waals surface area (Å²) in [6, 6.07) is 0. The van der Waals surface area contributed by atoms with Gasteiger partial charge in [0.15, 0.2) is 0 Å². The molecule has 0 unspecified atom stereocenters. The van der Waals surface area contributed by atoms with Crippen LogP contribution in [0.1, 0.15) is 47.0 Å². The molecule has 110 valence electrons. The van der Waals surface area contributed by atoms with Crippen LogP contribution in [0.4, 0.5) is 4.79 Å². The van der Waals surface area contributed by atoms with Crippen LogP contribution in [-0.4, -0.2) is 42.6 Å². The Labute approximate surface area is 115 Å². The van der Waals surface area contributed by atoms with Crippen LogP contribution in [0.3, 0.4) is 0 Å². The summed E-state index contributed by atoms with van der Waals surface area (Å²) in [7, 11) is 1.33. The molecule has 1 saturated heterocycles. The molecule has 0 radical (unpaired) electrons. The molecule has 1 rings (SSSR count). The fourth-order valence-electron chi connectivity index (χ4n) is 2.42. The zero-order valence-corrected chi connectivity index (χ0v) is 12.7. The quantitative estimate of drug-likeness (QED) is 0.796. The number of nitrogens with zero attached hydrogens (tertiary/aromatic N) is 1. The molecule has 5 heteroatoms. The first kappa shape index (κ1) is 15.8. The van der Waals surface area contributed by atoms with Crippen LogP contribution in [-0.2, 0) is 9.53 Å². The fraction of sp³-hybridized carbons (Fsp3) is 0.857. The van der Waals surface area contributed by atoms with Gasteiger partial charge >= 0.3 is 6.09 Å². The molecule has 1 aliphatic rings. The minimum Gasteiger partial charge on any atom is -0.453 e. The van der Waals surface area contributed by atoms with Crippen molar-refractivity contribution in [3.63, 3.8) is 0 Å². The minimum absolute atomic E-state index is 0.111. The summed E-state index contributed by atoms with van der Waals surface area (Å²) in [5.41, 5.74) is 0.0345. The average Bonchev–Trinajstić information content (AvgIpc) is 2.54. The predicted octanol–water partition coefficient (Wildman–Crippen LogP) is 2.16. The SMILES string of the molecule is COC(=O)NCCCC(=O)N1CCC(C)(C)C1(C)C. The summed E-state index contributed by atoms with van der Waals surface area (Å²) in [6.07, 6.45) is 1.69. The largest absolute Gasteiger partial charge is 0.453 e. The minimum atomic E-state index is -0.449. The van der Waals surface area contributed by atoms with Crippen molar-refractivity contribution in [2.45, 2.75) is 52.5 Å². The van der Waals surface area contributed by atoms with Crippen molar-refractivity contribution in [3.8, 4) is 0 Å². The molecular formula is C14H26N2O3. The number of amides is 2. The average molecular weight is 270 g/mol. The van der Waals surface area contributed by atoms with Gasteiger partial charge in [-0.05, 0) is 32.1 Å². The van der Waals surface area contributed by atoms with Gasteiger partial charge in [0.05, 0.1) is 7.11 Å². The summed E-state index contributed by atoms with van der Waals surface area (Å²) in [5.74, 6) is 0.169. The predicted molar refractivity (Wildman–Crippen MR) is 73.8 cm³/mol. The Kier molecular flexibility index (Phi) is 4.82. The molecule has 2 amide bonds. The van der Waals surface area contributed by atoms with Gasteiger partial charge in [0.1, 0.15) is 0 Å². The first-order valence-electron chi connectivity index (χ1n) is 6.84. The van der Waals surface area contributed by atoms with E-state index in [0.717, 1.165) is 13.0 Å². The van der Waals surface area contributed by atoms with Gasteiger partial charge in [0, 0.05) is 25.0 Å². The lowest BCUT2D eigenvalue weighted by molar-refractivity contribution is -0.136. The van der Waals surface area contributed by atoms with E-state index in [1.165, 1.54) is 7.11 Å². The number of likely N-dealkylation sites (tertiary alicyclic amines) is 1. The maximum atomic E-state index is 12.2. The normalized spacial score (nSPS) is 20.2. The first-order chi connectivity index (χ1) is 8.72. The van der Waals surface area contributed by atoms with Gasteiger partial charge in [-0.2, -0.15) is 0 Å². The van der Waals surface area contributed by atoms with Gasteiger partial charge in [-0.3, -0.25) is 4.79 Å². The Hall–Kier alpha value is -1.26. The standard InChI is InChI=1S/C14H26N2O3/c1-13(2)8-10-16(14(13,3)4)11(17)7-6-9-15-12(18)19-5/h6-10H2,1-5H3,(H,15,18). The molecule has 0 aliphatic carbocycles. The number of hydrogen-bond donors (Lipinski definition) is 1. The molecule has 0 aromatic heterocycles. The van der Waals surface area contributed by atoms with Gasteiger partial charge in [-0.25, -0.2) is 4.79 Å². The van der Waals surface area contributed by atoms with Crippen LogP contribution in [0.5, 0.6) is 0 Å². The number of carbonyl (C=O) groups is 2. The smallest absolute Gasteiger partial charge is 0.406 e. The maximum Gasteiger partial charge on any atom is 0.406 e. The van der Waals surface area contributed by atoms with E-state index in [1.807, 2.05) is 4.90 Å². The molecule has 0 atom stereocenters. The van der Waals surface area contributed by atoms with Crippen molar-refractivity contribution in [1.29, 1.82) is 0 Å². The van der Waals surface area contributed by atoms with Crippen molar-refractivity contribution >= 4 is 12.0 Å². The zero-order valence-electron chi connectivity index (χ0n) is 12.7. The van der Waals surface area contributed by atoms with Crippen LogP contribution in [0.2, 0.25) is 0 Å². The van der Waals surface area contributed by atoms with Crippen LogP contribution in [0, 0.1) is 5.41 Å². The highest BCUT2D eigenvalue weighted by Crippen LogP contribution is 2.44. The van der Waals surface area contributed by atoms with Crippen molar-refractivity contribution in [2.24, 2.45) is 5.41 Å². The van der Waals surface area contributed by atoms with Crippen LogP contribution in [0.25, 0.3) is 0 Å². The van der Waals surface area contributed by atoms with Gasteiger partial charge in [-0.15, -0.1) is 0 Å². The second kappa shape index (κ2) is 5.80. The number of carbonyl (C=O) groups excluding carboxylic acids is 2. The van der Waals surface area contributed by atoms with Gasteiger partial charge < -0.3 is 15.0 Å². The lowest BCUT2D eigenvalue weighted by Gasteiger charge is -2.41. The van der Waals surface area contributed by atoms with E-state index >= 15 is 0 Å². The molecule has 0 saturated carbocycles. The van der Waals surface area contributed by atoms with Crippen molar-refractivity contribution in [2.75, 3.05) is 20.2 Å². The van der Waals surface area contributed by atoms with E-state index in [-0.39, 0.29) is 16.9 Å². The third-order valence-corrected chi connectivity index (χ3v) is 4.61. The number of ether oxygens (including phenoxy) is 1. The van der Waals surface area contributed by atoms with E-state index in [1.54, 1.807) is 0 Å². The van der Waals surface area contributed by atoms with Crippen molar-refractivity contribution in [1.82, 2.24) is 10.2 Å². The summed E-state index contributed by atoms with van der Waals surface area (Å²) in [4.78, 5) is 25.1. The Bertz CT molecular complexity index is 351. The molecule has 0 bridgehead atoms. The summed E-state index contributed by atoms with van der Waals surface area (Å²) in [5, 5.41) is 2.58. The Morgan fingerprint density at radius 2 is 1.89 bits per heavy atom. The lowest BCUT2D eigenvalue weighted by atomic mass is 9.75. The monoisotopic (exact) mass is 270 g/mol. The van der Waals surface area contributed by atoms with E-state index in [4.69, 9.17) is 0 Å². The van der Waals surface area contributed by atoms with Crippen LogP contribution in [0.15, 0.2) is 0 Å². The Morgan fingerprint density at radius 3 is 2.37 bits per heavy atom. The van der Waals surface area contributed by atoms with Gasteiger partial charge in [0.2, 0.25) is 5.91 Å². The number of methoxy groups -OCH3 is 1. The second-order valence-corrected chi connectivity index (χ2v) is 6.26. The molecule has 5 nitrogen and oxygen atoms in total. The number of nitrogens with one attached hydrogen (secondary N) is 1. The van der Waals surface area contributed by atoms with Crippen molar-refractivity contribution < 1.29 is 14.3 Å². The summed E-state index contributed by atoms with van der Waals surface area (Å²) >= 11 is 0. The van der Waals surface area contributed by atoms with Crippen molar-refractivity contribution in [3.05, 3.63) is 0 Å². The third kappa shape index (κ3) is 3.39. The highest BCUT2D eigenvalue weighted by molar-refractivity contribution is 5.77. The molecular weight excluding hydrogens is 244 g/mol. The molecule has 1 aliphatic heterocycles. The molecule has 1 N–H and O–H groups in total. The first-order valence-corrected chi connectivity index (χ1v) is 6.84. The van der Waals surface area contributed by atoms with Crippen LogP contribution >= 0.6 is 0 Å². The number of hydrogen-bond acceptors (Lipinski definition) is 3. The van der Waals surface area contributed by atoms with Crippen LogP contribution < -0.4 is 5.32 Å². The number of rotatable bonds is 4. The number of alkyl carbamates (subject to hydrolysis) is 1. The van der Waals surface area contributed by atoms with E-state index in [0.29, 0.717) is 19.4 Å². The molecule has 0 spiro atoms. The lowest BCUT2D eigenvalue weighted by Crippen LogP contribution is -2.49. The third-order valence-electron chi connectivity index (χ3n) is 4.61. The molecule has 0 aromatic carbocycles. The zero-order chi connectivity index (χ0) is 14.7. The van der Waals surface area contributed by atoms with E-state index in [9.17, 15) is 9.59 Å². The maximum absolute atomic E-state index is 12.2. The summed E-state index contributed by atoms with van der Waals surface area (Å²) < 4.78 is 4.47. The topological polar surface area (TPSA) is 58.6 Å². The highest BCUT2D eigenvalue weighted by Gasteiger charge is 2.48. The summed E-state index contributed by atoms with van der Waals surface area (Å²) in [6.45, 7) is 9.96. The molecule has 1 heterocycles. The highest BCUT2D eigenvalue weighted by atomic mass is 16.5. The van der Waals surface area contributed by atoms with E-state index < -0.39 is 6.09 Å². The second-order valence-electron chi connectivity index (χ2n) is 6.26. The molecule has 0 aromatic rings. The Balaban J connectivity index is 2.41. The van der Waals surface area contributed by atoms with Gasteiger partial charge in [-0.1, -0.05) is 13.8 Å². The van der Waals surface area contributed by atoms with Gasteiger partial charge in [0.25, 0.3) is 0 Å². The van der Waals surface area contributed by atoms with E-state index in [2.05, 4.69) is 37.7 Å². The molecule has 1 fully saturated rings. The molecule has 19 heavy (non-hydrogen) atoms. The Morgan fingerprint density at radius 1 is 1.26 bits per heavy atom. The fourth-order valence-corrected chi connectivity index (χ4v) is 2.42.